The van der Waals surface area contributed by atoms with Gasteiger partial charge in [-0.2, -0.15) is 5.26 Å². The van der Waals surface area contributed by atoms with Crippen molar-refractivity contribution in [2.45, 2.75) is 19.9 Å². The van der Waals surface area contributed by atoms with Gasteiger partial charge in [0.25, 0.3) is 0 Å². The summed E-state index contributed by atoms with van der Waals surface area (Å²) in [6, 6.07) is 7.79. The number of urea groups is 1. The third kappa shape index (κ3) is 3.02. The number of rotatable bonds is 2. The van der Waals surface area contributed by atoms with Crippen molar-refractivity contribution in [3.05, 3.63) is 34.3 Å². The standard InChI is InChI=1S/C15H14BrN3O3/c1-3-22-15(21)19-13(10-5-4-6-11(16)7-10)12(8-17)9(2)18-14(19)20/h4-7,12-13H,3H2,1-2H3. The van der Waals surface area contributed by atoms with Crippen molar-refractivity contribution in [2.75, 3.05) is 6.61 Å². The van der Waals surface area contributed by atoms with E-state index in [1.165, 1.54) is 0 Å². The quantitative estimate of drug-likeness (QED) is 0.801. The summed E-state index contributed by atoms with van der Waals surface area (Å²) >= 11 is 3.36. The molecule has 6 nitrogen and oxygen atoms in total. The summed E-state index contributed by atoms with van der Waals surface area (Å²) < 4.78 is 5.73. The Kier molecular flexibility index (Phi) is 4.93. The molecule has 0 saturated heterocycles. The summed E-state index contributed by atoms with van der Waals surface area (Å²) in [5.74, 6) is -0.712. The first-order valence-corrected chi connectivity index (χ1v) is 7.49. The lowest BCUT2D eigenvalue weighted by Crippen LogP contribution is -2.46. The normalized spacial score (nSPS) is 21.1. The van der Waals surface area contributed by atoms with E-state index in [2.05, 4.69) is 27.0 Å². The van der Waals surface area contributed by atoms with E-state index in [0.29, 0.717) is 11.3 Å². The van der Waals surface area contributed by atoms with Crippen molar-refractivity contribution in [3.8, 4) is 6.07 Å². The van der Waals surface area contributed by atoms with Crippen molar-refractivity contribution < 1.29 is 14.3 Å². The van der Waals surface area contributed by atoms with Crippen molar-refractivity contribution in [1.29, 1.82) is 5.26 Å². The summed E-state index contributed by atoms with van der Waals surface area (Å²) in [6.45, 7) is 3.39. The molecule has 114 valence electrons. The Hall–Kier alpha value is -2.20. The Balaban J connectivity index is 2.55. The first-order valence-electron chi connectivity index (χ1n) is 6.69. The average Bonchev–Trinajstić information content (AvgIpc) is 2.46. The van der Waals surface area contributed by atoms with Crippen molar-refractivity contribution >= 4 is 33.8 Å². The van der Waals surface area contributed by atoms with Gasteiger partial charge in [-0.1, -0.05) is 28.1 Å². The lowest BCUT2D eigenvalue weighted by atomic mass is 9.88. The van der Waals surface area contributed by atoms with Crippen LogP contribution in [0.2, 0.25) is 0 Å². The molecule has 1 aromatic rings. The summed E-state index contributed by atoms with van der Waals surface area (Å²) in [5.41, 5.74) is 1.05. The molecule has 22 heavy (non-hydrogen) atoms. The van der Waals surface area contributed by atoms with Crippen LogP contribution in [0.1, 0.15) is 25.5 Å². The number of nitrogens with zero attached hydrogens (tertiary/aromatic N) is 3. The predicted octanol–water partition coefficient (Wildman–Crippen LogP) is 3.68. The second-order valence-corrected chi connectivity index (χ2v) is 5.63. The average molecular weight is 364 g/mol. The zero-order chi connectivity index (χ0) is 16.3. The van der Waals surface area contributed by atoms with E-state index in [1.807, 2.05) is 6.07 Å². The minimum atomic E-state index is -0.797. The molecule has 0 saturated carbocycles. The first-order chi connectivity index (χ1) is 10.5. The molecule has 0 spiro atoms. The zero-order valence-electron chi connectivity index (χ0n) is 12.1. The van der Waals surface area contributed by atoms with Gasteiger partial charge in [0, 0.05) is 10.2 Å². The number of benzene rings is 1. The fourth-order valence-corrected chi connectivity index (χ4v) is 2.77. The Labute approximate surface area is 136 Å². The van der Waals surface area contributed by atoms with Crippen LogP contribution in [0.15, 0.2) is 33.7 Å². The molecule has 2 atom stereocenters. The van der Waals surface area contributed by atoms with Crippen LogP contribution in [0.4, 0.5) is 9.59 Å². The van der Waals surface area contributed by atoms with Gasteiger partial charge in [0.2, 0.25) is 0 Å². The molecule has 1 aromatic carbocycles. The van der Waals surface area contributed by atoms with Crippen molar-refractivity contribution in [3.63, 3.8) is 0 Å². The van der Waals surface area contributed by atoms with Gasteiger partial charge in [0.1, 0.15) is 5.92 Å². The van der Waals surface area contributed by atoms with Gasteiger partial charge in [-0.05, 0) is 31.5 Å². The molecule has 0 aliphatic carbocycles. The third-order valence-corrected chi connectivity index (χ3v) is 3.81. The van der Waals surface area contributed by atoms with Crippen LogP contribution < -0.4 is 0 Å². The Bertz CT molecular complexity index is 681. The first kappa shape index (κ1) is 16.2. The van der Waals surface area contributed by atoms with Crippen molar-refractivity contribution in [1.82, 2.24) is 4.90 Å². The van der Waals surface area contributed by atoms with Gasteiger partial charge in [-0.15, -0.1) is 0 Å². The molecule has 2 unspecified atom stereocenters. The van der Waals surface area contributed by atoms with Crippen molar-refractivity contribution in [2.24, 2.45) is 10.9 Å². The molecule has 3 amide bonds. The second-order valence-electron chi connectivity index (χ2n) is 4.71. The van der Waals surface area contributed by atoms with Gasteiger partial charge in [-0.3, -0.25) is 0 Å². The fourth-order valence-electron chi connectivity index (χ4n) is 2.35. The maximum Gasteiger partial charge on any atom is 0.418 e. The summed E-state index contributed by atoms with van der Waals surface area (Å²) in [4.78, 5) is 29.0. The molecule has 1 aliphatic rings. The minimum Gasteiger partial charge on any atom is -0.449 e. The number of halogens is 1. The van der Waals surface area contributed by atoms with Crippen LogP contribution in [-0.4, -0.2) is 29.3 Å². The fraction of sp³-hybridized carbons (Fsp3) is 0.333. The van der Waals surface area contributed by atoms with Crippen LogP contribution in [0.3, 0.4) is 0 Å². The monoisotopic (exact) mass is 363 g/mol. The minimum absolute atomic E-state index is 0.133. The van der Waals surface area contributed by atoms with Gasteiger partial charge in [0.15, 0.2) is 0 Å². The molecule has 0 aromatic heterocycles. The zero-order valence-corrected chi connectivity index (χ0v) is 13.7. The summed E-state index contributed by atoms with van der Waals surface area (Å²) in [7, 11) is 0. The highest BCUT2D eigenvalue weighted by Crippen LogP contribution is 2.35. The van der Waals surface area contributed by atoms with Crippen LogP contribution in [0.5, 0.6) is 0 Å². The number of ether oxygens (including phenoxy) is 1. The van der Waals surface area contributed by atoms with E-state index in [9.17, 15) is 14.9 Å². The lowest BCUT2D eigenvalue weighted by molar-refractivity contribution is 0.0982. The van der Waals surface area contributed by atoms with Crippen LogP contribution in [-0.2, 0) is 4.74 Å². The largest absolute Gasteiger partial charge is 0.449 e. The van der Waals surface area contributed by atoms with E-state index in [-0.39, 0.29) is 6.61 Å². The molecule has 1 heterocycles. The Morgan fingerprint density at radius 3 is 2.86 bits per heavy atom. The van der Waals surface area contributed by atoms with Gasteiger partial charge < -0.3 is 4.74 Å². The number of nitriles is 1. The number of hydrogen-bond acceptors (Lipinski definition) is 4. The molecular weight excluding hydrogens is 350 g/mol. The van der Waals surface area contributed by atoms with E-state index >= 15 is 0 Å². The molecule has 0 bridgehead atoms. The third-order valence-electron chi connectivity index (χ3n) is 3.32. The Morgan fingerprint density at radius 1 is 1.55 bits per heavy atom. The summed E-state index contributed by atoms with van der Waals surface area (Å²) in [5, 5.41) is 9.45. The molecule has 0 fully saturated rings. The smallest absolute Gasteiger partial charge is 0.418 e. The molecule has 0 radical (unpaired) electrons. The number of carbonyl (C=O) groups excluding carboxylic acids is 2. The van der Waals surface area contributed by atoms with Gasteiger partial charge in [-0.25, -0.2) is 19.5 Å². The van der Waals surface area contributed by atoms with E-state index in [0.717, 1.165) is 9.37 Å². The highest BCUT2D eigenvalue weighted by atomic mass is 79.9. The molecule has 1 aliphatic heterocycles. The van der Waals surface area contributed by atoms with E-state index in [1.54, 1.807) is 32.0 Å². The Morgan fingerprint density at radius 2 is 2.27 bits per heavy atom. The van der Waals surface area contributed by atoms with E-state index in [4.69, 9.17) is 4.74 Å². The van der Waals surface area contributed by atoms with Crippen LogP contribution in [0, 0.1) is 17.2 Å². The summed E-state index contributed by atoms with van der Waals surface area (Å²) in [6.07, 6.45) is -0.797. The van der Waals surface area contributed by atoms with Gasteiger partial charge >= 0.3 is 12.1 Å². The maximum atomic E-state index is 12.2. The number of carbonyl (C=O) groups is 2. The van der Waals surface area contributed by atoms with E-state index < -0.39 is 24.1 Å². The molecule has 7 heteroatoms. The van der Waals surface area contributed by atoms with Crippen LogP contribution in [0.25, 0.3) is 0 Å². The topological polar surface area (TPSA) is 82.8 Å². The second kappa shape index (κ2) is 6.71. The lowest BCUT2D eigenvalue weighted by Gasteiger charge is -2.34. The van der Waals surface area contributed by atoms with Crippen LogP contribution >= 0.6 is 15.9 Å². The SMILES string of the molecule is CCOC(=O)N1C(=O)N=C(C)C(C#N)C1c1cccc(Br)c1. The van der Waals surface area contributed by atoms with Gasteiger partial charge in [0.05, 0.1) is 18.7 Å². The molecule has 2 rings (SSSR count). The predicted molar refractivity (Wildman–Crippen MR) is 83.4 cm³/mol. The highest BCUT2D eigenvalue weighted by molar-refractivity contribution is 9.10. The number of hydrogen-bond donors (Lipinski definition) is 0. The number of aliphatic imine (C=N–C) groups is 1. The number of amides is 3. The highest BCUT2D eigenvalue weighted by Gasteiger charge is 2.42. The number of imide groups is 1. The molecular formula is C15H14BrN3O3. The maximum absolute atomic E-state index is 12.2. The molecule has 0 N–H and O–H groups in total.